The number of halogens is 4. The first-order valence-electron chi connectivity index (χ1n) is 9.50. The Morgan fingerprint density at radius 1 is 1.06 bits per heavy atom. The number of imidazole rings is 1. The molecule has 12 heteroatoms. The number of alkyl halides is 3. The highest BCUT2D eigenvalue weighted by Gasteiger charge is 2.33. The van der Waals surface area contributed by atoms with Gasteiger partial charge < -0.3 is 9.47 Å². The van der Waals surface area contributed by atoms with Crippen LogP contribution in [0.15, 0.2) is 42.9 Å². The van der Waals surface area contributed by atoms with E-state index in [1.807, 2.05) is 24.3 Å². The van der Waals surface area contributed by atoms with Gasteiger partial charge in [-0.05, 0) is 18.2 Å². The molecule has 2 aromatic heterocycles. The average Bonchev–Trinajstić information content (AvgIpc) is 3.15. The second-order valence-corrected chi connectivity index (χ2v) is 9.65. The fraction of sp³-hybridized carbons (Fsp3) is 0.368. The van der Waals surface area contributed by atoms with E-state index in [1.165, 1.54) is 4.31 Å². The first-order valence-corrected chi connectivity index (χ1v) is 11.5. The molecule has 1 aromatic carbocycles. The lowest BCUT2D eigenvalue weighted by Crippen LogP contribution is -2.49. The average molecular weight is 474 g/mol. The molecule has 31 heavy (non-hydrogen) atoms. The topological polar surface area (TPSA) is 71.3 Å². The molecule has 166 valence electrons. The number of hydrogen-bond donors (Lipinski definition) is 0. The molecule has 1 aliphatic rings. The Labute approximate surface area is 182 Å². The smallest absolute Gasteiger partial charge is 0.353 e. The number of sulfonamides is 1. The minimum Gasteiger partial charge on any atom is -0.353 e. The van der Waals surface area contributed by atoms with Gasteiger partial charge in [0.05, 0.1) is 33.7 Å². The number of piperazine rings is 1. The number of para-hydroxylation sites is 2. The molecule has 3 aromatic rings. The largest absolute Gasteiger partial charge is 0.417 e. The van der Waals surface area contributed by atoms with Crippen LogP contribution >= 0.6 is 11.6 Å². The molecule has 0 radical (unpaired) electrons. The summed E-state index contributed by atoms with van der Waals surface area (Å²) in [7, 11) is -3.51. The number of aromatic nitrogens is 3. The molecule has 3 heterocycles. The van der Waals surface area contributed by atoms with Gasteiger partial charge in [-0.2, -0.15) is 17.5 Å². The number of rotatable bonds is 5. The molecule has 0 spiro atoms. The summed E-state index contributed by atoms with van der Waals surface area (Å²) < 4.78 is 67.1. The van der Waals surface area contributed by atoms with E-state index in [-0.39, 0.29) is 49.3 Å². The molecule has 1 aliphatic heterocycles. The molecule has 0 amide bonds. The summed E-state index contributed by atoms with van der Waals surface area (Å²) in [4.78, 5) is 9.81. The van der Waals surface area contributed by atoms with E-state index in [2.05, 4.69) is 9.97 Å². The Hall–Kier alpha value is -2.37. The number of nitrogens with zero attached hydrogens (tertiary/aromatic N) is 5. The normalized spacial score (nSPS) is 16.2. The van der Waals surface area contributed by atoms with Crippen molar-refractivity contribution in [3.05, 3.63) is 53.4 Å². The molecule has 0 bridgehead atoms. The van der Waals surface area contributed by atoms with Crippen LogP contribution in [0.4, 0.5) is 19.0 Å². The van der Waals surface area contributed by atoms with Crippen molar-refractivity contribution in [1.82, 2.24) is 18.8 Å². The van der Waals surface area contributed by atoms with Crippen LogP contribution in [0.25, 0.3) is 11.0 Å². The van der Waals surface area contributed by atoms with Crippen LogP contribution in [-0.4, -0.2) is 59.2 Å². The summed E-state index contributed by atoms with van der Waals surface area (Å²) >= 11 is 6.00. The number of anilines is 1. The summed E-state index contributed by atoms with van der Waals surface area (Å²) in [5.74, 6) is 0.142. The van der Waals surface area contributed by atoms with Crippen molar-refractivity contribution in [2.75, 3.05) is 36.8 Å². The molecule has 1 saturated heterocycles. The Bertz CT molecular complexity index is 1190. The number of hydrogen-bond acceptors (Lipinski definition) is 5. The van der Waals surface area contributed by atoms with Gasteiger partial charge in [0.2, 0.25) is 10.0 Å². The predicted molar refractivity (Wildman–Crippen MR) is 112 cm³/mol. The molecule has 0 N–H and O–H groups in total. The first-order chi connectivity index (χ1) is 14.6. The van der Waals surface area contributed by atoms with Gasteiger partial charge in [-0.1, -0.05) is 23.7 Å². The fourth-order valence-corrected chi connectivity index (χ4v) is 5.22. The van der Waals surface area contributed by atoms with Gasteiger partial charge in [0.25, 0.3) is 0 Å². The third kappa shape index (κ3) is 4.63. The molecule has 1 fully saturated rings. The molecular formula is C19H19ClF3N5O2S. The van der Waals surface area contributed by atoms with E-state index >= 15 is 0 Å². The molecule has 0 aliphatic carbocycles. The van der Waals surface area contributed by atoms with Crippen molar-refractivity contribution in [2.24, 2.45) is 0 Å². The maximum absolute atomic E-state index is 12.8. The quantitative estimate of drug-likeness (QED) is 0.569. The highest BCUT2D eigenvalue weighted by Crippen LogP contribution is 2.33. The van der Waals surface area contributed by atoms with Gasteiger partial charge in [-0.3, -0.25) is 0 Å². The summed E-state index contributed by atoms with van der Waals surface area (Å²) in [6.45, 7) is 1.24. The van der Waals surface area contributed by atoms with Gasteiger partial charge in [-0.15, -0.1) is 0 Å². The zero-order valence-electron chi connectivity index (χ0n) is 16.3. The van der Waals surface area contributed by atoms with Crippen molar-refractivity contribution < 1.29 is 21.6 Å². The number of fused-ring (bicyclic) bond motifs is 1. The predicted octanol–water partition coefficient (Wildman–Crippen LogP) is 3.26. The third-order valence-corrected chi connectivity index (χ3v) is 7.33. The monoisotopic (exact) mass is 473 g/mol. The van der Waals surface area contributed by atoms with Gasteiger partial charge in [0.15, 0.2) is 0 Å². The van der Waals surface area contributed by atoms with E-state index < -0.39 is 21.8 Å². The van der Waals surface area contributed by atoms with Gasteiger partial charge in [0.1, 0.15) is 5.82 Å². The molecule has 4 rings (SSSR count). The molecule has 0 saturated carbocycles. The molecule has 0 atom stereocenters. The van der Waals surface area contributed by atoms with Gasteiger partial charge in [-0.25, -0.2) is 18.4 Å². The highest BCUT2D eigenvalue weighted by molar-refractivity contribution is 7.89. The van der Waals surface area contributed by atoms with Crippen molar-refractivity contribution in [3.63, 3.8) is 0 Å². The third-order valence-electron chi connectivity index (χ3n) is 5.20. The number of pyridine rings is 1. The summed E-state index contributed by atoms with van der Waals surface area (Å²) in [6.07, 6.45) is -2.17. The lowest BCUT2D eigenvalue weighted by Gasteiger charge is -2.35. The van der Waals surface area contributed by atoms with Crippen LogP contribution in [0.1, 0.15) is 5.56 Å². The SMILES string of the molecule is O=S(=O)(CCn1cnc2ccccc21)N1CCN(c2ncc(C(F)(F)F)cc2Cl)CC1. The standard InChI is InChI=1S/C19H19ClF3N5O2S/c20-15-11-14(19(21,22)23)12-24-18(15)26-5-7-28(8-6-26)31(29,30)10-9-27-13-25-16-3-1-2-4-17(16)27/h1-4,11-13H,5-10H2. The van der Waals surface area contributed by atoms with Crippen LogP contribution in [-0.2, 0) is 22.7 Å². The van der Waals surface area contributed by atoms with Crippen LogP contribution < -0.4 is 4.90 Å². The number of aryl methyl sites for hydroxylation is 1. The van der Waals surface area contributed by atoms with Crippen molar-refractivity contribution in [2.45, 2.75) is 12.7 Å². The Balaban J connectivity index is 1.39. The second kappa shape index (κ2) is 8.29. The molecule has 0 unspecified atom stereocenters. The summed E-state index contributed by atoms with van der Waals surface area (Å²) in [5, 5.41) is -0.113. The van der Waals surface area contributed by atoms with E-state index in [0.717, 1.165) is 23.3 Å². The first kappa shape index (κ1) is 21.8. The zero-order chi connectivity index (χ0) is 22.2. The Morgan fingerprint density at radius 2 is 1.77 bits per heavy atom. The second-order valence-electron chi connectivity index (χ2n) is 7.16. The number of benzene rings is 1. The lowest BCUT2D eigenvalue weighted by molar-refractivity contribution is -0.137. The minimum atomic E-state index is -4.53. The lowest BCUT2D eigenvalue weighted by atomic mass is 10.2. The van der Waals surface area contributed by atoms with E-state index in [0.29, 0.717) is 0 Å². The highest BCUT2D eigenvalue weighted by atomic mass is 35.5. The van der Waals surface area contributed by atoms with Crippen molar-refractivity contribution in [1.29, 1.82) is 0 Å². The summed E-state index contributed by atoms with van der Waals surface area (Å²) in [6, 6.07) is 8.32. The van der Waals surface area contributed by atoms with E-state index in [1.54, 1.807) is 15.8 Å². The van der Waals surface area contributed by atoms with E-state index in [9.17, 15) is 21.6 Å². The van der Waals surface area contributed by atoms with Crippen LogP contribution in [0.5, 0.6) is 0 Å². The Morgan fingerprint density at radius 3 is 2.45 bits per heavy atom. The zero-order valence-corrected chi connectivity index (χ0v) is 17.8. The fourth-order valence-electron chi connectivity index (χ4n) is 3.53. The maximum Gasteiger partial charge on any atom is 0.417 e. The minimum absolute atomic E-state index is 0.0767. The van der Waals surface area contributed by atoms with Crippen molar-refractivity contribution in [3.8, 4) is 0 Å². The van der Waals surface area contributed by atoms with Gasteiger partial charge in [0, 0.05) is 38.9 Å². The van der Waals surface area contributed by atoms with Crippen LogP contribution in [0.3, 0.4) is 0 Å². The molecule has 7 nitrogen and oxygen atoms in total. The maximum atomic E-state index is 12.8. The van der Waals surface area contributed by atoms with Crippen LogP contribution in [0.2, 0.25) is 5.02 Å². The van der Waals surface area contributed by atoms with Gasteiger partial charge >= 0.3 is 6.18 Å². The molecular weight excluding hydrogens is 455 g/mol. The van der Waals surface area contributed by atoms with E-state index in [4.69, 9.17) is 11.6 Å². The Kier molecular flexibility index (Phi) is 5.84. The van der Waals surface area contributed by atoms with Crippen LogP contribution in [0, 0.1) is 0 Å². The summed E-state index contributed by atoms with van der Waals surface area (Å²) in [5.41, 5.74) is 0.745. The van der Waals surface area contributed by atoms with Crippen molar-refractivity contribution >= 4 is 38.5 Å².